The van der Waals surface area contributed by atoms with Gasteiger partial charge in [-0.2, -0.15) is 4.98 Å². The van der Waals surface area contributed by atoms with Crippen molar-refractivity contribution in [3.8, 4) is 0 Å². The highest BCUT2D eigenvalue weighted by Gasteiger charge is 2.03. The van der Waals surface area contributed by atoms with Gasteiger partial charge >= 0.3 is 0 Å². The number of aryl methyl sites for hydroxylation is 1. The van der Waals surface area contributed by atoms with Gasteiger partial charge in [0, 0.05) is 17.4 Å². The molecule has 0 radical (unpaired) electrons. The lowest BCUT2D eigenvalue weighted by molar-refractivity contribution is 0.622. The van der Waals surface area contributed by atoms with Gasteiger partial charge in [-0.25, -0.2) is 9.37 Å². The first-order chi connectivity index (χ1) is 8.04. The van der Waals surface area contributed by atoms with Crippen LogP contribution in [0, 0.1) is 12.7 Å². The van der Waals surface area contributed by atoms with Crippen molar-refractivity contribution in [2.45, 2.75) is 6.92 Å². The number of benzene rings is 1. The van der Waals surface area contributed by atoms with Crippen LogP contribution in [0.2, 0.25) is 0 Å². The lowest BCUT2D eigenvalue weighted by atomic mass is 10.3. The van der Waals surface area contributed by atoms with Crippen LogP contribution in [0.25, 0.3) is 0 Å². The average Bonchev–Trinajstić information content (AvgIpc) is 2.22. The van der Waals surface area contributed by atoms with Gasteiger partial charge in [0.05, 0.1) is 4.47 Å². The molecule has 0 aliphatic heterocycles. The van der Waals surface area contributed by atoms with E-state index in [0.29, 0.717) is 16.0 Å². The molecule has 17 heavy (non-hydrogen) atoms. The van der Waals surface area contributed by atoms with Crippen molar-refractivity contribution in [2.75, 3.05) is 11.1 Å². The Morgan fingerprint density at radius 2 is 2.06 bits per heavy atom. The largest absolute Gasteiger partial charge is 0.368 e. The van der Waals surface area contributed by atoms with Crippen molar-refractivity contribution < 1.29 is 4.39 Å². The Balaban J connectivity index is 2.28. The quantitative estimate of drug-likeness (QED) is 0.894. The third kappa shape index (κ3) is 2.91. The number of anilines is 3. The van der Waals surface area contributed by atoms with Crippen LogP contribution in [0.4, 0.5) is 21.8 Å². The third-order valence-corrected chi connectivity index (χ3v) is 2.71. The molecule has 0 atom stereocenters. The summed E-state index contributed by atoms with van der Waals surface area (Å²) >= 11 is 3.09. The molecule has 0 bridgehead atoms. The molecule has 0 fully saturated rings. The van der Waals surface area contributed by atoms with E-state index in [1.54, 1.807) is 18.2 Å². The summed E-state index contributed by atoms with van der Waals surface area (Å²) in [6, 6.07) is 6.46. The molecular weight excluding hydrogens is 287 g/mol. The van der Waals surface area contributed by atoms with E-state index >= 15 is 0 Å². The van der Waals surface area contributed by atoms with Crippen LogP contribution in [-0.2, 0) is 0 Å². The molecule has 0 amide bonds. The summed E-state index contributed by atoms with van der Waals surface area (Å²) in [6.45, 7) is 1.81. The minimum absolute atomic E-state index is 0.185. The second-order valence-corrected chi connectivity index (χ2v) is 4.36. The smallest absolute Gasteiger partial charge is 0.222 e. The standard InChI is InChI=1S/C11H10BrFN4/c1-6-4-10(17-11(14)15-6)16-7-2-3-8(12)9(13)5-7/h2-5H,1H3,(H3,14,15,16,17). The number of hydrogen-bond donors (Lipinski definition) is 2. The van der Waals surface area contributed by atoms with Gasteiger partial charge in [0.25, 0.3) is 0 Å². The third-order valence-electron chi connectivity index (χ3n) is 2.06. The molecule has 0 unspecified atom stereocenters. The zero-order chi connectivity index (χ0) is 12.4. The zero-order valence-corrected chi connectivity index (χ0v) is 10.6. The Bertz CT molecular complexity index is 539. The maximum atomic E-state index is 13.3. The van der Waals surface area contributed by atoms with Gasteiger partial charge in [0.2, 0.25) is 5.95 Å². The average molecular weight is 297 g/mol. The second kappa shape index (κ2) is 4.67. The van der Waals surface area contributed by atoms with E-state index in [-0.39, 0.29) is 11.8 Å². The molecule has 1 heterocycles. The number of nitrogen functional groups attached to an aromatic ring is 1. The number of rotatable bonds is 2. The molecule has 1 aromatic heterocycles. The Labute approximate surface area is 106 Å². The zero-order valence-electron chi connectivity index (χ0n) is 9.04. The Kier molecular flexibility index (Phi) is 3.23. The normalized spacial score (nSPS) is 10.3. The van der Waals surface area contributed by atoms with Gasteiger partial charge in [-0.15, -0.1) is 0 Å². The first kappa shape index (κ1) is 11.8. The van der Waals surface area contributed by atoms with Gasteiger partial charge in [-0.1, -0.05) is 0 Å². The van der Waals surface area contributed by atoms with Crippen LogP contribution < -0.4 is 11.1 Å². The van der Waals surface area contributed by atoms with Gasteiger partial charge in [0.15, 0.2) is 0 Å². The fourth-order valence-electron chi connectivity index (χ4n) is 1.38. The summed E-state index contributed by atoms with van der Waals surface area (Å²) in [5.74, 6) is 0.385. The number of hydrogen-bond acceptors (Lipinski definition) is 4. The lowest BCUT2D eigenvalue weighted by Gasteiger charge is -2.07. The SMILES string of the molecule is Cc1cc(Nc2ccc(Br)c(F)c2)nc(N)n1. The lowest BCUT2D eigenvalue weighted by Crippen LogP contribution is -2.01. The van der Waals surface area contributed by atoms with Crippen LogP contribution in [0.3, 0.4) is 0 Å². The number of nitrogens with zero attached hydrogens (tertiary/aromatic N) is 2. The predicted molar refractivity (Wildman–Crippen MR) is 68.6 cm³/mol. The van der Waals surface area contributed by atoms with Crippen LogP contribution in [0.15, 0.2) is 28.7 Å². The molecule has 1 aromatic carbocycles. The van der Waals surface area contributed by atoms with Crippen molar-refractivity contribution in [1.29, 1.82) is 0 Å². The Morgan fingerprint density at radius 1 is 1.29 bits per heavy atom. The highest BCUT2D eigenvalue weighted by atomic mass is 79.9. The molecule has 3 N–H and O–H groups in total. The predicted octanol–water partition coefficient (Wildman–Crippen LogP) is 3.01. The fourth-order valence-corrected chi connectivity index (χ4v) is 1.62. The molecule has 6 heteroatoms. The topological polar surface area (TPSA) is 63.8 Å². The molecular formula is C11H10BrFN4. The van der Waals surface area contributed by atoms with Crippen molar-refractivity contribution in [3.63, 3.8) is 0 Å². The minimum Gasteiger partial charge on any atom is -0.368 e. The number of nitrogens with two attached hydrogens (primary N) is 1. The maximum absolute atomic E-state index is 13.3. The van der Waals surface area contributed by atoms with E-state index in [9.17, 15) is 4.39 Å². The summed E-state index contributed by atoms with van der Waals surface area (Å²) < 4.78 is 13.7. The van der Waals surface area contributed by atoms with Gasteiger partial charge in [-0.3, -0.25) is 0 Å². The van der Waals surface area contributed by atoms with Crippen LogP contribution >= 0.6 is 15.9 Å². The van der Waals surface area contributed by atoms with Crippen molar-refractivity contribution in [1.82, 2.24) is 9.97 Å². The highest BCUT2D eigenvalue weighted by molar-refractivity contribution is 9.10. The summed E-state index contributed by atoms with van der Waals surface area (Å²) in [5, 5.41) is 2.96. The number of halogens is 2. The molecule has 0 spiro atoms. The second-order valence-electron chi connectivity index (χ2n) is 3.51. The molecule has 0 aliphatic rings. The summed E-state index contributed by atoms with van der Waals surface area (Å²) in [6.07, 6.45) is 0. The maximum Gasteiger partial charge on any atom is 0.222 e. The molecule has 0 saturated heterocycles. The first-order valence-corrected chi connectivity index (χ1v) is 5.67. The van der Waals surface area contributed by atoms with E-state index in [4.69, 9.17) is 5.73 Å². The highest BCUT2D eigenvalue weighted by Crippen LogP contribution is 2.22. The summed E-state index contributed by atoms with van der Waals surface area (Å²) in [7, 11) is 0. The fraction of sp³-hybridized carbons (Fsp3) is 0.0909. The molecule has 0 aliphatic carbocycles. The molecule has 0 saturated carbocycles. The molecule has 2 aromatic rings. The summed E-state index contributed by atoms with van der Waals surface area (Å²) in [5.41, 5.74) is 6.87. The van der Waals surface area contributed by atoms with Gasteiger partial charge < -0.3 is 11.1 Å². The Morgan fingerprint density at radius 3 is 2.71 bits per heavy atom. The van der Waals surface area contributed by atoms with Crippen molar-refractivity contribution in [3.05, 3.63) is 40.2 Å². The van der Waals surface area contributed by atoms with Crippen molar-refractivity contribution >= 4 is 33.4 Å². The molecule has 4 nitrogen and oxygen atoms in total. The van der Waals surface area contributed by atoms with Gasteiger partial charge in [0.1, 0.15) is 11.6 Å². The summed E-state index contributed by atoms with van der Waals surface area (Å²) in [4.78, 5) is 7.96. The minimum atomic E-state index is -0.339. The van der Waals surface area contributed by atoms with E-state index in [0.717, 1.165) is 5.69 Å². The molecule has 2 rings (SSSR count). The van der Waals surface area contributed by atoms with E-state index in [1.807, 2.05) is 6.92 Å². The number of aromatic nitrogens is 2. The van der Waals surface area contributed by atoms with Crippen LogP contribution in [0.5, 0.6) is 0 Å². The first-order valence-electron chi connectivity index (χ1n) is 4.88. The van der Waals surface area contributed by atoms with Gasteiger partial charge in [-0.05, 0) is 41.1 Å². The monoisotopic (exact) mass is 296 g/mol. The van der Waals surface area contributed by atoms with Crippen LogP contribution in [0.1, 0.15) is 5.69 Å². The van der Waals surface area contributed by atoms with Crippen LogP contribution in [-0.4, -0.2) is 9.97 Å². The van der Waals surface area contributed by atoms with E-state index in [2.05, 4.69) is 31.2 Å². The van der Waals surface area contributed by atoms with Crippen molar-refractivity contribution in [2.24, 2.45) is 0 Å². The van der Waals surface area contributed by atoms with E-state index in [1.165, 1.54) is 6.07 Å². The van der Waals surface area contributed by atoms with E-state index < -0.39 is 0 Å². The number of nitrogens with one attached hydrogen (secondary N) is 1. The Hall–Kier alpha value is -1.69. The molecule has 88 valence electrons.